The lowest BCUT2D eigenvalue weighted by Gasteiger charge is -2.26. The van der Waals surface area contributed by atoms with Crippen molar-refractivity contribution < 1.29 is 14.3 Å². The molecule has 5 nitrogen and oxygen atoms in total. The predicted octanol–water partition coefficient (Wildman–Crippen LogP) is 0.657. The van der Waals surface area contributed by atoms with Crippen LogP contribution in [0, 0.1) is 0 Å². The molecule has 0 atom stereocenters. The van der Waals surface area contributed by atoms with Crippen molar-refractivity contribution in [3.8, 4) is 5.75 Å². The van der Waals surface area contributed by atoms with Crippen LogP contribution < -0.4 is 10.1 Å². The van der Waals surface area contributed by atoms with Gasteiger partial charge in [-0.05, 0) is 31.2 Å². The Labute approximate surface area is 106 Å². The van der Waals surface area contributed by atoms with Gasteiger partial charge in [0.05, 0.1) is 13.2 Å². The van der Waals surface area contributed by atoms with Crippen LogP contribution in [0.4, 0.5) is 0 Å². The van der Waals surface area contributed by atoms with Gasteiger partial charge in [-0.1, -0.05) is 0 Å². The fourth-order valence-electron chi connectivity index (χ4n) is 1.85. The highest BCUT2D eigenvalue weighted by Gasteiger charge is 2.21. The second-order valence-electron chi connectivity index (χ2n) is 4.03. The van der Waals surface area contributed by atoms with Gasteiger partial charge in [-0.15, -0.1) is 0 Å². The smallest absolute Gasteiger partial charge is 0.254 e. The van der Waals surface area contributed by atoms with Crippen molar-refractivity contribution in [3.05, 3.63) is 29.8 Å². The van der Waals surface area contributed by atoms with E-state index in [4.69, 9.17) is 4.74 Å². The molecule has 1 aromatic carbocycles. The van der Waals surface area contributed by atoms with Crippen LogP contribution in [-0.4, -0.2) is 43.0 Å². The molecule has 1 heterocycles. The molecule has 96 valence electrons. The van der Waals surface area contributed by atoms with Crippen LogP contribution in [0.3, 0.4) is 0 Å². The van der Waals surface area contributed by atoms with Gasteiger partial charge in [0.2, 0.25) is 5.91 Å². The Hall–Kier alpha value is -2.04. The second-order valence-corrected chi connectivity index (χ2v) is 4.03. The molecule has 5 heteroatoms. The first kappa shape index (κ1) is 12.4. The van der Waals surface area contributed by atoms with Crippen LogP contribution >= 0.6 is 0 Å². The molecule has 0 unspecified atom stereocenters. The molecule has 1 fully saturated rings. The summed E-state index contributed by atoms with van der Waals surface area (Å²) in [7, 11) is 0. The van der Waals surface area contributed by atoms with Gasteiger partial charge in [0.1, 0.15) is 5.75 Å². The monoisotopic (exact) mass is 248 g/mol. The summed E-state index contributed by atoms with van der Waals surface area (Å²) in [5.74, 6) is 0.513. The van der Waals surface area contributed by atoms with E-state index < -0.39 is 0 Å². The van der Waals surface area contributed by atoms with E-state index in [0.29, 0.717) is 25.3 Å². The summed E-state index contributed by atoms with van der Waals surface area (Å²) in [6.07, 6.45) is 0. The molecule has 1 aliphatic rings. The lowest BCUT2D eigenvalue weighted by atomic mass is 10.2. The fraction of sp³-hybridized carbons (Fsp3) is 0.385. The summed E-state index contributed by atoms with van der Waals surface area (Å²) in [6, 6.07) is 6.97. The third kappa shape index (κ3) is 2.80. The molecule has 1 N–H and O–H groups in total. The number of nitrogens with one attached hydrogen (secondary N) is 1. The molecule has 0 saturated carbocycles. The van der Waals surface area contributed by atoms with Crippen molar-refractivity contribution in [3.63, 3.8) is 0 Å². The summed E-state index contributed by atoms with van der Waals surface area (Å²) >= 11 is 0. The van der Waals surface area contributed by atoms with Crippen LogP contribution in [0.1, 0.15) is 17.3 Å². The van der Waals surface area contributed by atoms with Gasteiger partial charge < -0.3 is 15.0 Å². The number of carbonyl (C=O) groups excluding carboxylic acids is 2. The van der Waals surface area contributed by atoms with E-state index >= 15 is 0 Å². The van der Waals surface area contributed by atoms with E-state index in [9.17, 15) is 9.59 Å². The van der Waals surface area contributed by atoms with Crippen molar-refractivity contribution in [1.82, 2.24) is 10.2 Å². The number of benzene rings is 1. The Morgan fingerprint density at radius 3 is 2.72 bits per heavy atom. The molecule has 0 aromatic heterocycles. The van der Waals surface area contributed by atoms with Gasteiger partial charge >= 0.3 is 0 Å². The highest BCUT2D eigenvalue weighted by Crippen LogP contribution is 2.14. The first-order valence-corrected chi connectivity index (χ1v) is 5.99. The Morgan fingerprint density at radius 2 is 2.11 bits per heavy atom. The molecule has 0 spiro atoms. The Bertz CT molecular complexity index is 442. The number of nitrogens with zero attached hydrogens (tertiary/aromatic N) is 1. The number of ether oxygens (including phenoxy) is 1. The molecular formula is C13H16N2O3. The standard InChI is InChI=1S/C13H16N2O3/c1-2-18-11-5-3-10(4-6-11)13(17)15-8-7-14-12(16)9-15/h3-6H,2,7-9H2,1H3,(H,14,16). The van der Waals surface area contributed by atoms with Gasteiger partial charge in [-0.25, -0.2) is 0 Å². The number of hydrogen-bond donors (Lipinski definition) is 1. The van der Waals surface area contributed by atoms with Gasteiger partial charge in [0.25, 0.3) is 5.91 Å². The summed E-state index contributed by atoms with van der Waals surface area (Å²) < 4.78 is 5.31. The zero-order valence-electron chi connectivity index (χ0n) is 10.3. The van der Waals surface area contributed by atoms with E-state index in [-0.39, 0.29) is 18.4 Å². The van der Waals surface area contributed by atoms with Gasteiger partial charge in [-0.3, -0.25) is 9.59 Å². The molecule has 0 aliphatic carbocycles. The molecule has 0 bridgehead atoms. The molecule has 0 radical (unpaired) electrons. The van der Waals surface area contributed by atoms with Crippen molar-refractivity contribution in [2.75, 3.05) is 26.2 Å². The fourth-order valence-corrected chi connectivity index (χ4v) is 1.85. The minimum atomic E-state index is -0.118. The van der Waals surface area contributed by atoms with Crippen molar-refractivity contribution >= 4 is 11.8 Å². The van der Waals surface area contributed by atoms with Gasteiger partial charge in [0.15, 0.2) is 0 Å². The average molecular weight is 248 g/mol. The van der Waals surface area contributed by atoms with Crippen molar-refractivity contribution in [2.24, 2.45) is 0 Å². The maximum absolute atomic E-state index is 12.1. The van der Waals surface area contributed by atoms with E-state index in [0.717, 1.165) is 5.75 Å². The van der Waals surface area contributed by atoms with Crippen LogP contribution in [0.25, 0.3) is 0 Å². The Kier molecular flexibility index (Phi) is 3.82. The summed E-state index contributed by atoms with van der Waals surface area (Å²) in [6.45, 7) is 3.70. The molecule has 1 saturated heterocycles. The average Bonchev–Trinajstić information content (AvgIpc) is 2.39. The SMILES string of the molecule is CCOc1ccc(C(=O)N2CCNC(=O)C2)cc1. The van der Waals surface area contributed by atoms with Crippen LogP contribution in [0.5, 0.6) is 5.75 Å². The maximum atomic E-state index is 12.1. The van der Waals surface area contributed by atoms with E-state index in [1.54, 1.807) is 29.2 Å². The predicted molar refractivity (Wildman–Crippen MR) is 66.5 cm³/mol. The Balaban J connectivity index is 2.06. The molecule has 2 rings (SSSR count). The quantitative estimate of drug-likeness (QED) is 0.854. The zero-order chi connectivity index (χ0) is 13.0. The molecule has 1 aromatic rings. The lowest BCUT2D eigenvalue weighted by Crippen LogP contribution is -2.49. The summed E-state index contributed by atoms with van der Waals surface area (Å²) in [5, 5.41) is 2.69. The Morgan fingerprint density at radius 1 is 1.39 bits per heavy atom. The maximum Gasteiger partial charge on any atom is 0.254 e. The number of amides is 2. The van der Waals surface area contributed by atoms with Crippen LogP contribution in [0.2, 0.25) is 0 Å². The number of rotatable bonds is 3. The van der Waals surface area contributed by atoms with E-state index in [1.165, 1.54) is 0 Å². The largest absolute Gasteiger partial charge is 0.494 e. The molecule has 2 amide bonds. The third-order valence-electron chi connectivity index (χ3n) is 2.74. The lowest BCUT2D eigenvalue weighted by molar-refractivity contribution is -0.123. The summed E-state index contributed by atoms with van der Waals surface area (Å²) in [5.41, 5.74) is 0.577. The molecule has 18 heavy (non-hydrogen) atoms. The zero-order valence-corrected chi connectivity index (χ0v) is 10.3. The second kappa shape index (κ2) is 5.53. The minimum Gasteiger partial charge on any atom is -0.494 e. The molecular weight excluding hydrogens is 232 g/mol. The topological polar surface area (TPSA) is 58.6 Å². The highest BCUT2D eigenvalue weighted by molar-refractivity contribution is 5.97. The van der Waals surface area contributed by atoms with Crippen molar-refractivity contribution in [1.29, 1.82) is 0 Å². The van der Waals surface area contributed by atoms with Crippen molar-refractivity contribution in [2.45, 2.75) is 6.92 Å². The number of carbonyl (C=O) groups is 2. The molecule has 1 aliphatic heterocycles. The first-order valence-electron chi connectivity index (χ1n) is 5.99. The van der Waals surface area contributed by atoms with Crippen LogP contribution in [0.15, 0.2) is 24.3 Å². The number of piperazine rings is 1. The normalized spacial score (nSPS) is 15.2. The third-order valence-corrected chi connectivity index (χ3v) is 2.74. The van der Waals surface area contributed by atoms with Gasteiger partial charge in [0, 0.05) is 18.7 Å². The first-order chi connectivity index (χ1) is 8.70. The van der Waals surface area contributed by atoms with E-state index in [2.05, 4.69) is 5.32 Å². The van der Waals surface area contributed by atoms with Crippen LogP contribution in [-0.2, 0) is 4.79 Å². The highest BCUT2D eigenvalue weighted by atomic mass is 16.5. The van der Waals surface area contributed by atoms with E-state index in [1.807, 2.05) is 6.92 Å². The summed E-state index contributed by atoms with van der Waals surface area (Å²) in [4.78, 5) is 24.9. The van der Waals surface area contributed by atoms with Gasteiger partial charge in [-0.2, -0.15) is 0 Å². The number of hydrogen-bond acceptors (Lipinski definition) is 3. The minimum absolute atomic E-state index is 0.111.